The molecule has 2 N–H and O–H groups in total. The lowest BCUT2D eigenvalue weighted by atomic mass is 10.6. The maximum absolute atomic E-state index is 12.5. The van der Waals surface area contributed by atoms with Crippen molar-refractivity contribution in [1.29, 1.82) is 0 Å². The van der Waals surface area contributed by atoms with Gasteiger partial charge in [0.2, 0.25) is 11.8 Å². The quantitative estimate of drug-likeness (QED) is 0.729. The van der Waals surface area contributed by atoms with Gasteiger partial charge in [0.25, 0.3) is 0 Å². The van der Waals surface area contributed by atoms with Gasteiger partial charge in [0.1, 0.15) is 0 Å². The molecule has 0 radical (unpaired) electrons. The summed E-state index contributed by atoms with van der Waals surface area (Å²) in [6, 6.07) is -0.303. The number of ether oxygens (including phenoxy) is 1. The Bertz CT molecular complexity index is 316. The zero-order chi connectivity index (χ0) is 10.1. The van der Waals surface area contributed by atoms with E-state index >= 15 is 0 Å². The van der Waals surface area contributed by atoms with Gasteiger partial charge in [-0.2, -0.15) is 23.7 Å². The van der Waals surface area contributed by atoms with Crippen LogP contribution in [0.15, 0.2) is 0 Å². The second-order valence-corrected chi connectivity index (χ2v) is 2.48. The summed E-state index contributed by atoms with van der Waals surface area (Å²) in [4.78, 5) is 9.77. The van der Waals surface area contributed by atoms with E-state index in [4.69, 9.17) is 5.73 Å². The normalized spacial score (nSPS) is 11.4. The first-order valence-corrected chi connectivity index (χ1v) is 3.44. The first-order chi connectivity index (χ1) is 5.93. The smallest absolute Gasteiger partial charge is 0.382 e. The van der Waals surface area contributed by atoms with Crippen molar-refractivity contribution >= 4 is 17.5 Å². The van der Waals surface area contributed by atoms with Crippen LogP contribution in [0.3, 0.4) is 0 Å². The molecule has 0 bridgehead atoms. The third-order valence-electron chi connectivity index (χ3n) is 1.07. The molecule has 1 heterocycles. The Morgan fingerprint density at radius 2 is 2.00 bits per heavy atom. The topological polar surface area (TPSA) is 73.9 Å². The number of hydrogen-bond donors (Lipinski definition) is 1. The Hall–Kier alpha value is -1.24. The molecule has 0 aliphatic carbocycles. The maximum Gasteiger partial charge on any atom is 0.382 e. The fraction of sp³-hybridized carbons (Fsp3) is 0.400. The number of halogens is 3. The van der Waals surface area contributed by atoms with Gasteiger partial charge >= 0.3 is 11.4 Å². The van der Waals surface area contributed by atoms with Gasteiger partial charge in [0.15, 0.2) is 0 Å². The average Bonchev–Trinajstić information content (AvgIpc) is 2.01. The third kappa shape index (κ3) is 2.35. The summed E-state index contributed by atoms with van der Waals surface area (Å²) < 4.78 is 29.4. The molecule has 1 rings (SSSR count). The van der Waals surface area contributed by atoms with E-state index in [0.717, 1.165) is 0 Å². The van der Waals surface area contributed by atoms with Crippen molar-refractivity contribution in [3.63, 3.8) is 0 Å². The molecule has 0 aromatic carbocycles. The first-order valence-electron chi connectivity index (χ1n) is 3.06. The van der Waals surface area contributed by atoms with Crippen molar-refractivity contribution in [2.45, 2.75) is 5.38 Å². The summed E-state index contributed by atoms with van der Waals surface area (Å²) in [5.74, 6) is -1.30. The minimum atomic E-state index is -3.68. The number of methoxy groups -OCH3 is 1. The number of rotatable bonds is 2. The van der Waals surface area contributed by atoms with E-state index in [9.17, 15) is 8.78 Å². The minimum Gasteiger partial charge on any atom is -0.467 e. The lowest BCUT2D eigenvalue weighted by Crippen LogP contribution is -2.13. The van der Waals surface area contributed by atoms with E-state index in [1.807, 2.05) is 0 Å². The van der Waals surface area contributed by atoms with Gasteiger partial charge in [0, 0.05) is 0 Å². The van der Waals surface area contributed by atoms with Gasteiger partial charge in [-0.1, -0.05) is 0 Å². The third-order valence-corrected chi connectivity index (χ3v) is 1.24. The summed E-state index contributed by atoms with van der Waals surface area (Å²) in [7, 11) is 1.21. The van der Waals surface area contributed by atoms with Crippen LogP contribution in [-0.2, 0) is 5.38 Å². The zero-order valence-electron chi connectivity index (χ0n) is 6.46. The predicted molar refractivity (Wildman–Crippen MR) is 40.5 cm³/mol. The van der Waals surface area contributed by atoms with E-state index in [1.165, 1.54) is 7.11 Å². The lowest BCUT2D eigenvalue weighted by molar-refractivity contribution is 0.0832. The Balaban J connectivity index is 3.16. The van der Waals surface area contributed by atoms with Gasteiger partial charge in [0.05, 0.1) is 7.11 Å². The summed E-state index contributed by atoms with van der Waals surface area (Å²) in [5, 5.41) is -3.68. The first kappa shape index (κ1) is 9.85. The van der Waals surface area contributed by atoms with Crippen LogP contribution in [0.5, 0.6) is 6.01 Å². The molecule has 1 aromatic rings. The van der Waals surface area contributed by atoms with E-state index < -0.39 is 11.2 Å². The number of nitrogens with two attached hydrogens (primary N) is 1. The van der Waals surface area contributed by atoms with Crippen LogP contribution >= 0.6 is 11.6 Å². The Morgan fingerprint density at radius 3 is 2.46 bits per heavy atom. The van der Waals surface area contributed by atoms with E-state index in [1.54, 1.807) is 0 Å². The molecule has 8 heteroatoms. The van der Waals surface area contributed by atoms with Gasteiger partial charge in [-0.3, -0.25) is 0 Å². The summed E-state index contributed by atoms with van der Waals surface area (Å²) in [5.41, 5.74) is 5.10. The van der Waals surface area contributed by atoms with Crippen LogP contribution in [0.2, 0.25) is 0 Å². The van der Waals surface area contributed by atoms with Crippen molar-refractivity contribution in [3.05, 3.63) is 5.82 Å². The molecule has 0 fully saturated rings. The van der Waals surface area contributed by atoms with Crippen LogP contribution < -0.4 is 10.5 Å². The monoisotopic (exact) mass is 210 g/mol. The molecule has 0 saturated carbocycles. The lowest BCUT2D eigenvalue weighted by Gasteiger charge is -2.06. The fourth-order valence-corrected chi connectivity index (χ4v) is 0.675. The molecule has 13 heavy (non-hydrogen) atoms. The molecule has 0 atom stereocenters. The molecular formula is C5H5ClF2N4O. The molecule has 0 amide bonds. The molecule has 0 saturated heterocycles. The number of aromatic nitrogens is 3. The Kier molecular flexibility index (Phi) is 2.46. The zero-order valence-corrected chi connectivity index (χ0v) is 7.22. The Morgan fingerprint density at radius 1 is 1.38 bits per heavy atom. The van der Waals surface area contributed by atoms with Gasteiger partial charge in [-0.15, -0.1) is 0 Å². The molecule has 1 aromatic heterocycles. The summed E-state index contributed by atoms with van der Waals surface area (Å²) in [6.45, 7) is 0. The highest BCUT2D eigenvalue weighted by molar-refractivity contribution is 6.21. The van der Waals surface area contributed by atoms with Gasteiger partial charge < -0.3 is 10.5 Å². The fourth-order valence-electron chi connectivity index (χ4n) is 0.590. The molecule has 5 nitrogen and oxygen atoms in total. The SMILES string of the molecule is COc1nc(N)nc(C(F)(F)Cl)n1. The van der Waals surface area contributed by atoms with Crippen molar-refractivity contribution < 1.29 is 13.5 Å². The van der Waals surface area contributed by atoms with Crippen LogP contribution in [0, 0.1) is 0 Å². The molecular weight excluding hydrogens is 206 g/mol. The summed E-state index contributed by atoms with van der Waals surface area (Å²) >= 11 is 4.66. The highest BCUT2D eigenvalue weighted by Gasteiger charge is 2.33. The van der Waals surface area contributed by atoms with Gasteiger partial charge in [-0.25, -0.2) is 0 Å². The number of nitrogen functional groups attached to an aromatic ring is 1. The van der Waals surface area contributed by atoms with Crippen LogP contribution in [0.1, 0.15) is 5.82 Å². The summed E-state index contributed by atoms with van der Waals surface area (Å²) in [6.07, 6.45) is 0. The number of hydrogen-bond acceptors (Lipinski definition) is 5. The maximum atomic E-state index is 12.5. The highest BCUT2D eigenvalue weighted by Crippen LogP contribution is 2.30. The largest absolute Gasteiger partial charge is 0.467 e. The van der Waals surface area contributed by atoms with Crippen LogP contribution in [0.4, 0.5) is 14.7 Å². The number of nitrogens with zero attached hydrogens (tertiary/aromatic N) is 3. The molecule has 0 unspecified atom stereocenters. The van der Waals surface area contributed by atoms with Crippen molar-refractivity contribution in [3.8, 4) is 6.01 Å². The molecule has 0 aliphatic heterocycles. The number of alkyl halides is 3. The Labute approximate surface area is 76.9 Å². The average molecular weight is 211 g/mol. The number of anilines is 1. The predicted octanol–water partition coefficient (Wildman–Crippen LogP) is 0.750. The molecule has 72 valence electrons. The van der Waals surface area contributed by atoms with Crippen LogP contribution in [0.25, 0.3) is 0 Å². The van der Waals surface area contributed by atoms with Crippen molar-refractivity contribution in [2.75, 3.05) is 12.8 Å². The molecule has 0 spiro atoms. The van der Waals surface area contributed by atoms with Crippen molar-refractivity contribution in [2.24, 2.45) is 0 Å². The van der Waals surface area contributed by atoms with Crippen LogP contribution in [-0.4, -0.2) is 22.1 Å². The van der Waals surface area contributed by atoms with E-state index in [2.05, 4.69) is 31.3 Å². The van der Waals surface area contributed by atoms with E-state index in [-0.39, 0.29) is 12.0 Å². The standard InChI is InChI=1S/C5H5ClF2N4O/c1-13-4-11-2(5(6,7)8)10-3(9)12-4/h1H3,(H2,9,10,11,12). The van der Waals surface area contributed by atoms with Crippen molar-refractivity contribution in [1.82, 2.24) is 15.0 Å². The second-order valence-electron chi connectivity index (χ2n) is 2.00. The van der Waals surface area contributed by atoms with Gasteiger partial charge in [-0.05, 0) is 11.6 Å². The molecule has 0 aliphatic rings. The second kappa shape index (κ2) is 3.25. The highest BCUT2D eigenvalue weighted by atomic mass is 35.5. The minimum absolute atomic E-state index is 0.303. The van der Waals surface area contributed by atoms with E-state index in [0.29, 0.717) is 0 Å².